The second kappa shape index (κ2) is 6.70. The predicted octanol–water partition coefficient (Wildman–Crippen LogP) is 2.50. The summed E-state index contributed by atoms with van der Waals surface area (Å²) < 4.78 is 16.3. The Labute approximate surface area is 188 Å². The largest absolute Gasteiger partial charge is 0.497 e. The molecule has 4 aliphatic carbocycles. The molecule has 0 unspecified atom stereocenters. The lowest BCUT2D eigenvalue weighted by molar-refractivity contribution is -0.234. The van der Waals surface area contributed by atoms with Gasteiger partial charge in [0, 0.05) is 17.8 Å². The third-order valence-corrected chi connectivity index (χ3v) is 9.70. The molecule has 1 aromatic rings. The van der Waals surface area contributed by atoms with Gasteiger partial charge in [0.1, 0.15) is 11.9 Å². The van der Waals surface area contributed by atoms with E-state index >= 15 is 0 Å². The number of aliphatic hydroxyl groups is 2. The fraction of sp³-hybridized carbons (Fsp3) is 0.680. The van der Waals surface area contributed by atoms with Crippen molar-refractivity contribution in [1.29, 1.82) is 0 Å². The highest BCUT2D eigenvalue weighted by atomic mass is 16.6. The Bertz CT molecular complexity index is 991. The standard InChI is InChI=1S/C25H32O7/c1-14(26)32-24-12-11-23(20(27)25(24,29)21(28)31-4)19-8-5-15-13-16(30-3)6-7-17(15)18(19)9-10-22(23,24)2/h6-7,13,18-20,27,29H,5,8-12H2,1-4H3/t18-,19-,20+,22+,23-,24-,25-/m1/s1. The van der Waals surface area contributed by atoms with Gasteiger partial charge in [-0.25, -0.2) is 4.79 Å². The smallest absolute Gasteiger partial charge is 0.344 e. The molecule has 4 aliphatic rings. The van der Waals surface area contributed by atoms with E-state index in [0.717, 1.165) is 25.0 Å². The molecule has 3 fully saturated rings. The van der Waals surface area contributed by atoms with Crippen molar-refractivity contribution in [1.82, 2.24) is 0 Å². The van der Waals surface area contributed by atoms with Crippen LogP contribution in [0.2, 0.25) is 0 Å². The van der Waals surface area contributed by atoms with Gasteiger partial charge in [0.25, 0.3) is 0 Å². The van der Waals surface area contributed by atoms with E-state index in [9.17, 15) is 19.8 Å². The molecule has 0 aromatic heterocycles. The van der Waals surface area contributed by atoms with E-state index in [2.05, 4.69) is 12.1 Å². The first-order valence-corrected chi connectivity index (χ1v) is 11.5. The van der Waals surface area contributed by atoms with Crippen LogP contribution in [0.4, 0.5) is 0 Å². The van der Waals surface area contributed by atoms with E-state index < -0.39 is 40.1 Å². The number of rotatable bonds is 3. The van der Waals surface area contributed by atoms with Crippen LogP contribution in [0.5, 0.6) is 5.75 Å². The number of aliphatic hydroxyl groups excluding tert-OH is 1. The number of benzene rings is 1. The summed E-state index contributed by atoms with van der Waals surface area (Å²) >= 11 is 0. The van der Waals surface area contributed by atoms with Crippen LogP contribution in [-0.4, -0.2) is 53.7 Å². The summed E-state index contributed by atoms with van der Waals surface area (Å²) in [6.45, 7) is 3.28. The van der Waals surface area contributed by atoms with E-state index in [0.29, 0.717) is 19.3 Å². The second-order valence-electron chi connectivity index (χ2n) is 10.3. The Morgan fingerprint density at radius 2 is 1.88 bits per heavy atom. The summed E-state index contributed by atoms with van der Waals surface area (Å²) in [4.78, 5) is 25.2. The lowest BCUT2D eigenvalue weighted by Crippen LogP contribution is -2.67. The van der Waals surface area contributed by atoms with Crippen molar-refractivity contribution in [3.63, 3.8) is 0 Å². The number of aryl methyl sites for hydroxylation is 1. The number of fused-ring (bicyclic) bond motifs is 3. The molecular weight excluding hydrogens is 412 g/mol. The summed E-state index contributed by atoms with van der Waals surface area (Å²) in [7, 11) is 2.85. The van der Waals surface area contributed by atoms with Gasteiger partial charge >= 0.3 is 11.9 Å². The Morgan fingerprint density at radius 1 is 1.12 bits per heavy atom. The minimum atomic E-state index is -2.30. The first-order valence-electron chi connectivity index (χ1n) is 11.5. The molecule has 32 heavy (non-hydrogen) atoms. The maximum absolute atomic E-state index is 13.0. The van der Waals surface area contributed by atoms with Crippen molar-refractivity contribution in [2.75, 3.05) is 14.2 Å². The zero-order chi connectivity index (χ0) is 23.1. The number of esters is 2. The summed E-state index contributed by atoms with van der Waals surface area (Å²) in [5, 5.41) is 23.6. The van der Waals surface area contributed by atoms with Gasteiger partial charge in [0.2, 0.25) is 5.60 Å². The van der Waals surface area contributed by atoms with Crippen LogP contribution in [0.25, 0.3) is 0 Å². The highest BCUT2D eigenvalue weighted by Gasteiger charge is 2.90. The van der Waals surface area contributed by atoms with E-state index in [1.54, 1.807) is 7.11 Å². The quantitative estimate of drug-likeness (QED) is 0.691. The van der Waals surface area contributed by atoms with Crippen LogP contribution in [0.1, 0.15) is 63.0 Å². The Morgan fingerprint density at radius 3 is 2.53 bits per heavy atom. The van der Waals surface area contributed by atoms with E-state index in [4.69, 9.17) is 14.2 Å². The zero-order valence-electron chi connectivity index (χ0n) is 19.1. The first kappa shape index (κ1) is 21.7. The number of hydrogen-bond donors (Lipinski definition) is 2. The molecule has 1 aromatic carbocycles. The predicted molar refractivity (Wildman–Crippen MR) is 114 cm³/mol. The number of ether oxygens (including phenoxy) is 3. The van der Waals surface area contributed by atoms with Gasteiger partial charge in [-0.2, -0.15) is 0 Å². The maximum Gasteiger partial charge on any atom is 0.344 e. The topological polar surface area (TPSA) is 102 Å². The van der Waals surface area contributed by atoms with E-state index in [1.165, 1.54) is 25.2 Å². The fourth-order valence-electron chi connectivity index (χ4n) is 8.54. The van der Waals surface area contributed by atoms with Crippen molar-refractivity contribution in [2.45, 2.75) is 75.6 Å². The molecule has 0 amide bonds. The molecule has 5 rings (SSSR count). The molecular formula is C25H32O7. The van der Waals surface area contributed by atoms with Gasteiger partial charge in [0.15, 0.2) is 5.60 Å². The van der Waals surface area contributed by atoms with Crippen molar-refractivity contribution in [2.24, 2.45) is 16.7 Å². The van der Waals surface area contributed by atoms with Crippen molar-refractivity contribution >= 4 is 11.9 Å². The average molecular weight is 445 g/mol. The monoisotopic (exact) mass is 444 g/mol. The van der Waals surface area contributed by atoms with Crippen LogP contribution in [-0.2, 0) is 25.5 Å². The summed E-state index contributed by atoms with van der Waals surface area (Å²) in [6.07, 6.45) is 2.64. The van der Waals surface area contributed by atoms with Crippen molar-refractivity contribution in [3.05, 3.63) is 29.3 Å². The van der Waals surface area contributed by atoms with Gasteiger partial charge in [-0.05, 0) is 73.6 Å². The summed E-state index contributed by atoms with van der Waals surface area (Å²) in [6, 6.07) is 6.18. The van der Waals surface area contributed by atoms with Gasteiger partial charge in [-0.3, -0.25) is 4.79 Å². The maximum atomic E-state index is 13.0. The fourth-order valence-corrected chi connectivity index (χ4v) is 8.54. The molecule has 0 radical (unpaired) electrons. The minimum absolute atomic E-state index is 0.0493. The normalized spacial score (nSPS) is 43.6. The average Bonchev–Trinajstić information content (AvgIpc) is 3.11. The lowest BCUT2D eigenvalue weighted by Gasteiger charge is -2.57. The van der Waals surface area contributed by atoms with Crippen LogP contribution < -0.4 is 4.74 Å². The van der Waals surface area contributed by atoms with Gasteiger partial charge in [-0.15, -0.1) is 0 Å². The van der Waals surface area contributed by atoms with Crippen molar-refractivity contribution in [3.8, 4) is 5.75 Å². The van der Waals surface area contributed by atoms with Gasteiger partial charge in [-0.1, -0.05) is 13.0 Å². The molecule has 7 heteroatoms. The Kier molecular flexibility index (Phi) is 4.55. The summed E-state index contributed by atoms with van der Waals surface area (Å²) in [5.41, 5.74) is -2.81. The molecule has 7 atom stereocenters. The molecule has 3 saturated carbocycles. The molecule has 0 saturated heterocycles. The first-order chi connectivity index (χ1) is 15.1. The van der Waals surface area contributed by atoms with E-state index in [1.807, 2.05) is 13.0 Å². The zero-order valence-corrected chi connectivity index (χ0v) is 19.1. The van der Waals surface area contributed by atoms with Crippen LogP contribution in [0, 0.1) is 16.7 Å². The third-order valence-electron chi connectivity index (χ3n) is 9.70. The van der Waals surface area contributed by atoms with Gasteiger partial charge < -0.3 is 24.4 Å². The summed E-state index contributed by atoms with van der Waals surface area (Å²) in [5.74, 6) is -0.425. The third kappa shape index (κ3) is 2.15. The Balaban J connectivity index is 1.68. The SMILES string of the molecule is COC(=O)[C@]1(O)[C@@H](O)[C@]23CC[C@@]1(OC(C)=O)[C@@]2(C)CC[C@@H]1c2ccc(OC)cc2CC[C@H]13. The number of hydrogen-bond acceptors (Lipinski definition) is 7. The second-order valence-corrected chi connectivity index (χ2v) is 10.3. The molecule has 2 N–H and O–H groups in total. The van der Waals surface area contributed by atoms with Crippen LogP contribution >= 0.6 is 0 Å². The molecule has 0 aliphatic heterocycles. The Hall–Kier alpha value is -2.12. The number of carbonyl (C=O) groups excluding carboxylic acids is 2. The van der Waals surface area contributed by atoms with Crippen molar-refractivity contribution < 1.29 is 34.0 Å². The molecule has 0 heterocycles. The highest BCUT2D eigenvalue weighted by Crippen LogP contribution is 2.80. The highest BCUT2D eigenvalue weighted by molar-refractivity contribution is 5.85. The molecule has 2 bridgehead atoms. The van der Waals surface area contributed by atoms with E-state index in [-0.39, 0.29) is 11.8 Å². The lowest BCUT2D eigenvalue weighted by atomic mass is 9.47. The molecule has 0 spiro atoms. The van der Waals surface area contributed by atoms with Gasteiger partial charge in [0.05, 0.1) is 14.2 Å². The molecule has 174 valence electrons. The van der Waals surface area contributed by atoms with Crippen LogP contribution in [0.3, 0.4) is 0 Å². The molecule has 7 nitrogen and oxygen atoms in total. The number of carbonyl (C=O) groups is 2. The minimum Gasteiger partial charge on any atom is -0.497 e. The number of methoxy groups -OCH3 is 2. The van der Waals surface area contributed by atoms with Crippen LogP contribution in [0.15, 0.2) is 18.2 Å².